The number of rotatable bonds is 5. The zero-order valence-electron chi connectivity index (χ0n) is 10.1. The van der Waals surface area contributed by atoms with Crippen LogP contribution in [-0.4, -0.2) is 12.0 Å². The second-order valence-electron chi connectivity index (χ2n) is 4.07. The van der Waals surface area contributed by atoms with E-state index in [1.165, 1.54) is 17.7 Å². The van der Waals surface area contributed by atoms with E-state index in [0.29, 0.717) is 0 Å². The van der Waals surface area contributed by atoms with Crippen molar-refractivity contribution < 1.29 is 0 Å². The van der Waals surface area contributed by atoms with Crippen molar-refractivity contribution in [3.63, 3.8) is 0 Å². The van der Waals surface area contributed by atoms with E-state index in [1.807, 2.05) is 19.3 Å². The summed E-state index contributed by atoms with van der Waals surface area (Å²) in [6, 6.07) is 4.21. The van der Waals surface area contributed by atoms with Crippen molar-refractivity contribution in [3.05, 3.63) is 29.6 Å². The van der Waals surface area contributed by atoms with Crippen LogP contribution in [0.15, 0.2) is 18.3 Å². The van der Waals surface area contributed by atoms with Gasteiger partial charge in [-0.1, -0.05) is 19.9 Å². The predicted octanol–water partition coefficient (Wildman–Crippen LogP) is 2.55. The molecule has 0 radical (unpaired) electrons. The summed E-state index contributed by atoms with van der Waals surface area (Å²) in [5.41, 5.74) is 2.58. The summed E-state index contributed by atoms with van der Waals surface area (Å²) in [5.74, 6) is 0.762. The van der Waals surface area contributed by atoms with Crippen LogP contribution in [0.5, 0.6) is 0 Å². The summed E-state index contributed by atoms with van der Waals surface area (Å²) in [5, 5.41) is 3.15. The van der Waals surface area contributed by atoms with Crippen LogP contribution in [0.4, 0.5) is 0 Å². The molecule has 4 N–H and O–H groups in total. The number of nitrogens with one attached hydrogen (secondary N) is 1. The summed E-state index contributed by atoms with van der Waals surface area (Å²) >= 11 is 0. The molecule has 0 aliphatic heterocycles. The third-order valence-corrected chi connectivity index (χ3v) is 2.32. The Morgan fingerprint density at radius 3 is 2.73 bits per heavy atom. The topological polar surface area (TPSA) is 59.9 Å². The van der Waals surface area contributed by atoms with E-state index < -0.39 is 0 Å². The van der Waals surface area contributed by atoms with Crippen LogP contribution in [0.25, 0.3) is 0 Å². The van der Waals surface area contributed by atoms with Gasteiger partial charge in [0.15, 0.2) is 0 Å². The minimum atomic E-state index is 0. The highest BCUT2D eigenvalue weighted by Gasteiger charge is 2.03. The van der Waals surface area contributed by atoms with E-state index in [9.17, 15) is 0 Å². The Morgan fingerprint density at radius 1 is 1.40 bits per heavy atom. The maximum atomic E-state index is 4.38. The smallest absolute Gasteiger partial charge is 0.0573 e. The van der Waals surface area contributed by atoms with E-state index in [4.69, 9.17) is 0 Å². The van der Waals surface area contributed by atoms with Gasteiger partial charge in [0.2, 0.25) is 0 Å². The summed E-state index contributed by atoms with van der Waals surface area (Å²) in [4.78, 5) is 4.38. The number of aromatic nitrogens is 1. The van der Waals surface area contributed by atoms with E-state index >= 15 is 0 Å². The van der Waals surface area contributed by atoms with Crippen LogP contribution < -0.4 is 11.5 Å². The number of hydrogen-bond donors (Lipinski definition) is 2. The lowest BCUT2D eigenvalue weighted by Crippen LogP contribution is -2.10. The Morgan fingerprint density at radius 2 is 2.13 bits per heavy atom. The van der Waals surface area contributed by atoms with Crippen LogP contribution in [0.2, 0.25) is 0 Å². The highest BCUT2D eigenvalue weighted by Crippen LogP contribution is 2.11. The number of hydrogen-bond acceptors (Lipinski definition) is 3. The summed E-state index contributed by atoms with van der Waals surface area (Å²) in [6.45, 7) is 5.39. The van der Waals surface area contributed by atoms with Crippen molar-refractivity contribution in [2.45, 2.75) is 33.2 Å². The van der Waals surface area contributed by atoms with Crippen LogP contribution >= 0.6 is 0 Å². The lowest BCUT2D eigenvalue weighted by molar-refractivity contribution is 0.582. The number of pyridine rings is 1. The second kappa shape index (κ2) is 7.37. The third kappa shape index (κ3) is 4.91. The van der Waals surface area contributed by atoms with Gasteiger partial charge >= 0.3 is 0 Å². The Labute approximate surface area is 92.9 Å². The second-order valence-corrected chi connectivity index (χ2v) is 4.07. The first kappa shape index (κ1) is 14.1. The molecule has 0 fully saturated rings. The fourth-order valence-corrected chi connectivity index (χ4v) is 1.47. The molecule has 1 heterocycles. The molecule has 0 saturated carbocycles. The highest BCUT2D eigenvalue weighted by molar-refractivity contribution is 5.19. The maximum Gasteiger partial charge on any atom is 0.0573 e. The molecule has 0 bridgehead atoms. The normalized spacial score (nSPS) is 10.1. The minimum absolute atomic E-state index is 0. The van der Waals surface area contributed by atoms with Crippen molar-refractivity contribution in [1.29, 1.82) is 0 Å². The van der Waals surface area contributed by atoms with Gasteiger partial charge in [0.05, 0.1) is 5.69 Å². The van der Waals surface area contributed by atoms with Crippen molar-refractivity contribution in [2.75, 3.05) is 7.05 Å². The van der Waals surface area contributed by atoms with Crippen molar-refractivity contribution >= 4 is 0 Å². The van der Waals surface area contributed by atoms with Gasteiger partial charge in [-0.05, 0) is 37.4 Å². The van der Waals surface area contributed by atoms with E-state index in [0.717, 1.165) is 18.9 Å². The molecule has 0 atom stereocenters. The Kier molecular flexibility index (Phi) is 6.92. The van der Waals surface area contributed by atoms with Crippen LogP contribution in [0, 0.1) is 5.92 Å². The molecule has 1 aromatic heterocycles. The molecule has 0 unspecified atom stereocenters. The average molecular weight is 209 g/mol. The fraction of sp³-hybridized carbons (Fsp3) is 0.583. The molecule has 86 valence electrons. The quantitative estimate of drug-likeness (QED) is 0.783. The lowest BCUT2D eigenvalue weighted by Gasteiger charge is -2.09. The van der Waals surface area contributed by atoms with E-state index in [1.54, 1.807) is 0 Å². The first-order valence-electron chi connectivity index (χ1n) is 5.31. The summed E-state index contributed by atoms with van der Waals surface area (Å²) < 4.78 is 0. The number of aryl methyl sites for hydroxylation is 1. The monoisotopic (exact) mass is 209 g/mol. The van der Waals surface area contributed by atoms with Gasteiger partial charge in [-0.2, -0.15) is 0 Å². The van der Waals surface area contributed by atoms with Crippen LogP contribution in [0.3, 0.4) is 0 Å². The van der Waals surface area contributed by atoms with Crippen molar-refractivity contribution in [3.8, 4) is 0 Å². The molecular formula is C12H23N3. The summed E-state index contributed by atoms with van der Waals surface area (Å²) in [7, 11) is 1.96. The Bertz CT molecular complexity index is 271. The zero-order valence-corrected chi connectivity index (χ0v) is 10.1. The van der Waals surface area contributed by atoms with E-state index in [-0.39, 0.29) is 6.15 Å². The largest absolute Gasteiger partial charge is 0.344 e. The minimum Gasteiger partial charge on any atom is -0.344 e. The molecular weight excluding hydrogens is 186 g/mol. The maximum absolute atomic E-state index is 4.38. The average Bonchev–Trinajstić information content (AvgIpc) is 2.17. The predicted molar refractivity (Wildman–Crippen MR) is 65.2 cm³/mol. The lowest BCUT2D eigenvalue weighted by atomic mass is 10.0. The SMILES string of the molecule is CNCc1ncccc1CCC(C)C.N. The summed E-state index contributed by atoms with van der Waals surface area (Å²) in [6.07, 6.45) is 4.25. The Hall–Kier alpha value is -0.930. The van der Waals surface area contributed by atoms with Crippen molar-refractivity contribution in [2.24, 2.45) is 5.92 Å². The fourth-order valence-electron chi connectivity index (χ4n) is 1.47. The molecule has 15 heavy (non-hydrogen) atoms. The molecule has 3 heteroatoms. The van der Waals surface area contributed by atoms with Crippen molar-refractivity contribution in [1.82, 2.24) is 16.5 Å². The first-order chi connectivity index (χ1) is 6.74. The standard InChI is InChI=1S/C12H20N2.H3N/c1-10(2)6-7-11-5-4-8-14-12(11)9-13-3;/h4-5,8,10,13H,6-7,9H2,1-3H3;1H3. The molecule has 0 aromatic carbocycles. The Balaban J connectivity index is 0.00000196. The molecule has 0 aliphatic rings. The molecule has 3 nitrogen and oxygen atoms in total. The third-order valence-electron chi connectivity index (χ3n) is 2.32. The first-order valence-corrected chi connectivity index (χ1v) is 5.31. The molecule has 0 amide bonds. The van der Waals surface area contributed by atoms with Gasteiger partial charge in [0, 0.05) is 12.7 Å². The van der Waals surface area contributed by atoms with Crippen LogP contribution in [-0.2, 0) is 13.0 Å². The number of nitrogens with zero attached hydrogens (tertiary/aromatic N) is 1. The van der Waals surface area contributed by atoms with Gasteiger partial charge in [-0.25, -0.2) is 0 Å². The van der Waals surface area contributed by atoms with Gasteiger partial charge in [-0.15, -0.1) is 0 Å². The zero-order chi connectivity index (χ0) is 10.4. The van der Waals surface area contributed by atoms with Gasteiger partial charge < -0.3 is 11.5 Å². The molecule has 0 aliphatic carbocycles. The van der Waals surface area contributed by atoms with Gasteiger partial charge in [-0.3, -0.25) is 4.98 Å². The van der Waals surface area contributed by atoms with Gasteiger partial charge in [0.25, 0.3) is 0 Å². The van der Waals surface area contributed by atoms with E-state index in [2.05, 4.69) is 30.2 Å². The van der Waals surface area contributed by atoms with Gasteiger partial charge in [0.1, 0.15) is 0 Å². The van der Waals surface area contributed by atoms with Crippen LogP contribution in [0.1, 0.15) is 31.5 Å². The molecule has 0 spiro atoms. The highest BCUT2D eigenvalue weighted by atomic mass is 14.8. The molecule has 0 saturated heterocycles. The molecule has 1 rings (SSSR count). The molecule has 1 aromatic rings.